The summed E-state index contributed by atoms with van der Waals surface area (Å²) in [6.07, 6.45) is 5.06. The van der Waals surface area contributed by atoms with Gasteiger partial charge in [-0.1, -0.05) is 24.3 Å². The Balaban J connectivity index is 0.811. The van der Waals surface area contributed by atoms with Crippen molar-refractivity contribution in [3.05, 3.63) is 93.2 Å². The number of aromatic amines is 1. The first-order chi connectivity index (χ1) is 26.7. The van der Waals surface area contributed by atoms with Gasteiger partial charge in [-0.15, -0.1) is 0 Å². The maximum atomic E-state index is 13.4. The molecule has 7 heterocycles. The van der Waals surface area contributed by atoms with E-state index in [4.69, 9.17) is 4.98 Å². The first kappa shape index (κ1) is 34.0. The number of imide groups is 1. The zero-order valence-electron chi connectivity index (χ0n) is 31.3. The quantitative estimate of drug-likeness (QED) is 0.226. The standard InChI is InChI=1S/C42H45N9O4/c1-47-23-42(24-47)22-44-40(54)35-29-11-8-27-21-43-31(20-30(27)36(29)46-38(35)42)25-6-9-28(10-7-25)50-18-16-49(17-19-50)15-14-26-4-3-5-32-37(26)48(2)41(55)51(32)33-12-13-34(52)45-39(33)53/h3-7,9-10,20-21,33,46H,8,11-19,22-24H2,1-2H3,(H,44,54)(H,45,52,53). The van der Waals surface area contributed by atoms with Crippen LogP contribution in [0.5, 0.6) is 0 Å². The molecule has 3 N–H and O–H groups in total. The van der Waals surface area contributed by atoms with E-state index in [1.165, 1.54) is 11.3 Å². The number of para-hydroxylation sites is 1. The predicted molar refractivity (Wildman–Crippen MR) is 209 cm³/mol. The van der Waals surface area contributed by atoms with Gasteiger partial charge in [0.2, 0.25) is 11.8 Å². The number of imidazole rings is 1. The molecule has 55 heavy (non-hydrogen) atoms. The number of rotatable bonds is 6. The Morgan fingerprint density at radius 1 is 0.927 bits per heavy atom. The van der Waals surface area contributed by atoms with Crippen LogP contribution in [0.2, 0.25) is 0 Å². The minimum Gasteiger partial charge on any atom is -0.369 e. The average molecular weight is 740 g/mol. The number of likely N-dealkylation sites (N-methyl/N-ethyl adjacent to an activating group) is 1. The topological polar surface area (TPSA) is 141 Å². The highest BCUT2D eigenvalue weighted by Gasteiger charge is 2.50. The molecule has 1 aliphatic carbocycles. The molecule has 2 aromatic carbocycles. The zero-order valence-corrected chi connectivity index (χ0v) is 31.3. The highest BCUT2D eigenvalue weighted by Crippen LogP contribution is 2.45. The number of fused-ring (bicyclic) bond motifs is 7. The first-order valence-electron chi connectivity index (χ1n) is 19.5. The summed E-state index contributed by atoms with van der Waals surface area (Å²) in [6.45, 7) is 7.12. The Kier molecular flexibility index (Phi) is 7.90. The number of H-pyrrole nitrogens is 1. The number of nitrogens with one attached hydrogen (secondary N) is 3. The molecule has 3 fully saturated rings. The number of benzene rings is 2. The van der Waals surface area contributed by atoms with Gasteiger partial charge >= 0.3 is 5.69 Å². The number of hydrogen-bond donors (Lipinski definition) is 3. The normalized spacial score (nSPS) is 20.9. The molecule has 5 aliphatic rings. The van der Waals surface area contributed by atoms with Crippen molar-refractivity contribution in [2.75, 3.05) is 64.3 Å². The van der Waals surface area contributed by atoms with Crippen LogP contribution in [-0.4, -0.2) is 106 Å². The molecule has 13 nitrogen and oxygen atoms in total. The van der Waals surface area contributed by atoms with E-state index in [2.05, 4.69) is 73.8 Å². The third-order valence-electron chi connectivity index (χ3n) is 12.8. The molecule has 1 unspecified atom stereocenters. The van der Waals surface area contributed by atoms with Crippen molar-refractivity contribution in [1.29, 1.82) is 0 Å². The molecule has 10 rings (SSSR count). The van der Waals surface area contributed by atoms with Crippen molar-refractivity contribution in [3.8, 4) is 22.5 Å². The molecule has 5 aromatic rings. The number of likely N-dealkylation sites (tertiary alicyclic amines) is 1. The lowest BCUT2D eigenvalue weighted by molar-refractivity contribution is -0.135. The lowest BCUT2D eigenvalue weighted by Gasteiger charge is -2.50. The van der Waals surface area contributed by atoms with Gasteiger partial charge in [-0.2, -0.15) is 0 Å². The van der Waals surface area contributed by atoms with Crippen LogP contribution in [0.25, 0.3) is 33.5 Å². The largest absolute Gasteiger partial charge is 0.369 e. The number of amides is 3. The van der Waals surface area contributed by atoms with Crippen molar-refractivity contribution in [2.45, 2.75) is 43.6 Å². The molecule has 3 aromatic heterocycles. The Labute approximate surface area is 318 Å². The molecule has 1 spiro atoms. The first-order valence-corrected chi connectivity index (χ1v) is 19.5. The Bertz CT molecular complexity index is 2460. The number of anilines is 1. The fraction of sp³-hybridized carbons (Fsp3) is 0.405. The van der Waals surface area contributed by atoms with E-state index in [1.807, 2.05) is 18.3 Å². The van der Waals surface area contributed by atoms with E-state index in [0.717, 1.165) is 121 Å². The number of carbonyl (C=O) groups excluding carboxylic acids is 3. The second-order valence-electron chi connectivity index (χ2n) is 16.2. The zero-order chi connectivity index (χ0) is 37.6. The van der Waals surface area contributed by atoms with E-state index >= 15 is 0 Å². The monoisotopic (exact) mass is 739 g/mol. The number of pyridine rings is 1. The minimum absolute atomic E-state index is 0.0310. The van der Waals surface area contributed by atoms with Gasteiger partial charge in [0.25, 0.3) is 5.91 Å². The molecular weight excluding hydrogens is 695 g/mol. The second-order valence-corrected chi connectivity index (χ2v) is 16.2. The smallest absolute Gasteiger partial charge is 0.329 e. The van der Waals surface area contributed by atoms with Crippen molar-refractivity contribution < 1.29 is 14.4 Å². The summed E-state index contributed by atoms with van der Waals surface area (Å²) in [4.78, 5) is 66.8. The van der Waals surface area contributed by atoms with Gasteiger partial charge in [0, 0.05) is 94.5 Å². The van der Waals surface area contributed by atoms with Crippen molar-refractivity contribution in [1.82, 2.24) is 39.5 Å². The Morgan fingerprint density at radius 3 is 2.49 bits per heavy atom. The molecule has 13 heteroatoms. The maximum absolute atomic E-state index is 13.4. The summed E-state index contributed by atoms with van der Waals surface area (Å²) in [5.74, 6) is -0.662. The summed E-state index contributed by atoms with van der Waals surface area (Å²) in [6, 6.07) is 16.1. The van der Waals surface area contributed by atoms with E-state index in [-0.39, 0.29) is 29.3 Å². The molecule has 282 valence electrons. The van der Waals surface area contributed by atoms with Gasteiger partial charge in [-0.25, -0.2) is 4.79 Å². The molecular formula is C42H45N9O4. The van der Waals surface area contributed by atoms with Crippen LogP contribution in [0.1, 0.15) is 51.6 Å². The SMILES string of the molecule is CN1CC2(CNC(=O)c3c2[nH]c2c3CCc3cnc(-c4ccc(N5CCN(CCc6cccc7c6n(C)c(=O)n7C6CCC(=O)NC6=O)CC5)cc4)cc3-2)C1. The summed E-state index contributed by atoms with van der Waals surface area (Å²) in [5, 5.41) is 5.58. The predicted octanol–water partition coefficient (Wildman–Crippen LogP) is 2.76. The van der Waals surface area contributed by atoms with Gasteiger partial charge in [0.1, 0.15) is 6.04 Å². The third-order valence-corrected chi connectivity index (χ3v) is 12.8. The van der Waals surface area contributed by atoms with Crippen molar-refractivity contribution >= 4 is 34.4 Å². The number of hydrogen-bond acceptors (Lipinski definition) is 8. The lowest BCUT2D eigenvalue weighted by Crippen LogP contribution is -2.65. The highest BCUT2D eigenvalue weighted by molar-refractivity contribution is 6.02. The lowest BCUT2D eigenvalue weighted by atomic mass is 9.73. The number of piperidine rings is 1. The van der Waals surface area contributed by atoms with Crippen LogP contribution >= 0.6 is 0 Å². The molecule has 0 radical (unpaired) electrons. The minimum atomic E-state index is -0.688. The molecule has 3 saturated heterocycles. The molecule has 4 aliphatic heterocycles. The molecule has 0 saturated carbocycles. The van der Waals surface area contributed by atoms with Crippen LogP contribution < -0.4 is 21.2 Å². The highest BCUT2D eigenvalue weighted by atomic mass is 16.2. The maximum Gasteiger partial charge on any atom is 0.329 e. The molecule has 0 bridgehead atoms. The van der Waals surface area contributed by atoms with Crippen LogP contribution in [-0.2, 0) is 41.3 Å². The molecule has 1 atom stereocenters. The summed E-state index contributed by atoms with van der Waals surface area (Å²) < 4.78 is 3.20. The van der Waals surface area contributed by atoms with Crippen molar-refractivity contribution in [2.24, 2.45) is 7.05 Å². The van der Waals surface area contributed by atoms with Crippen molar-refractivity contribution in [3.63, 3.8) is 0 Å². The van der Waals surface area contributed by atoms with Crippen LogP contribution in [0, 0.1) is 0 Å². The van der Waals surface area contributed by atoms with E-state index in [0.29, 0.717) is 13.0 Å². The fourth-order valence-electron chi connectivity index (χ4n) is 9.99. The Morgan fingerprint density at radius 2 is 1.73 bits per heavy atom. The van der Waals surface area contributed by atoms with Gasteiger partial charge in [-0.05, 0) is 73.7 Å². The summed E-state index contributed by atoms with van der Waals surface area (Å²) in [5.41, 5.74) is 12.2. The van der Waals surface area contributed by atoms with Gasteiger partial charge in [-0.3, -0.25) is 38.7 Å². The van der Waals surface area contributed by atoms with Gasteiger partial charge < -0.3 is 20.1 Å². The number of carbonyl (C=O) groups is 3. The van der Waals surface area contributed by atoms with E-state index in [9.17, 15) is 19.2 Å². The number of piperazine rings is 1. The van der Waals surface area contributed by atoms with Gasteiger partial charge in [0.05, 0.1) is 33.4 Å². The summed E-state index contributed by atoms with van der Waals surface area (Å²) in [7, 11) is 3.89. The number of aryl methyl sites for hydroxylation is 2. The van der Waals surface area contributed by atoms with Gasteiger partial charge in [0.15, 0.2) is 0 Å². The summed E-state index contributed by atoms with van der Waals surface area (Å²) >= 11 is 0. The van der Waals surface area contributed by atoms with Crippen LogP contribution in [0.3, 0.4) is 0 Å². The third kappa shape index (κ3) is 5.46. The molecule has 3 amide bonds. The fourth-order valence-corrected chi connectivity index (χ4v) is 9.99. The number of nitrogens with zero attached hydrogens (tertiary/aromatic N) is 6. The average Bonchev–Trinajstić information content (AvgIpc) is 3.71. The van der Waals surface area contributed by atoms with E-state index in [1.54, 1.807) is 16.2 Å². The van der Waals surface area contributed by atoms with E-state index < -0.39 is 11.9 Å². The second kappa shape index (κ2) is 12.8. The van der Waals surface area contributed by atoms with Crippen LogP contribution in [0.4, 0.5) is 5.69 Å². The van der Waals surface area contributed by atoms with Crippen LogP contribution in [0.15, 0.2) is 59.5 Å². The number of aromatic nitrogens is 4. The Hall–Kier alpha value is -5.53.